The summed E-state index contributed by atoms with van der Waals surface area (Å²) in [4.78, 5) is 27.7. The Balaban J connectivity index is 1.94. The largest absolute Gasteiger partial charge is 0.478 e. The number of carbonyl (C=O) groups is 2. The summed E-state index contributed by atoms with van der Waals surface area (Å²) in [6, 6.07) is 2.85. The summed E-state index contributed by atoms with van der Waals surface area (Å²) >= 11 is 0. The number of carboxylic acid groups (broad SMARTS) is 1. The number of pyridine rings is 1. The van der Waals surface area contributed by atoms with E-state index in [4.69, 9.17) is 10.8 Å². The van der Waals surface area contributed by atoms with Crippen LogP contribution in [0.5, 0.6) is 0 Å². The molecule has 0 radical (unpaired) electrons. The van der Waals surface area contributed by atoms with E-state index >= 15 is 0 Å². The molecule has 1 fully saturated rings. The van der Waals surface area contributed by atoms with Gasteiger partial charge in [-0.3, -0.25) is 0 Å². The van der Waals surface area contributed by atoms with Gasteiger partial charge in [-0.15, -0.1) is 0 Å². The molecule has 0 unspecified atom stereocenters. The highest BCUT2D eigenvalue weighted by atomic mass is 16.4. The number of nitrogens with one attached hydrogen (secondary N) is 1. The number of primary amides is 1. The molecule has 0 saturated carbocycles. The Labute approximate surface area is 110 Å². The highest BCUT2D eigenvalue weighted by molar-refractivity contribution is 5.87. The maximum atomic E-state index is 10.7. The molecule has 1 aliphatic rings. The Morgan fingerprint density at radius 3 is 2.53 bits per heavy atom. The van der Waals surface area contributed by atoms with Gasteiger partial charge in [0.2, 0.25) is 0 Å². The zero-order valence-corrected chi connectivity index (χ0v) is 10.4. The molecule has 2 rings (SSSR count). The predicted octanol–water partition coefficient (Wildman–Crippen LogP) is 0.417. The molecule has 102 valence electrons. The van der Waals surface area contributed by atoms with Crippen LogP contribution in [0.1, 0.15) is 23.2 Å². The van der Waals surface area contributed by atoms with Gasteiger partial charge in [-0.25, -0.2) is 14.6 Å². The van der Waals surface area contributed by atoms with E-state index in [1.165, 1.54) is 6.20 Å². The van der Waals surface area contributed by atoms with Crippen LogP contribution in [0.15, 0.2) is 18.3 Å². The van der Waals surface area contributed by atoms with E-state index in [1.807, 2.05) is 0 Å². The van der Waals surface area contributed by atoms with Crippen molar-refractivity contribution < 1.29 is 14.7 Å². The minimum absolute atomic E-state index is 0.104. The molecule has 0 spiro atoms. The van der Waals surface area contributed by atoms with Gasteiger partial charge in [0, 0.05) is 25.3 Å². The SMILES string of the molecule is NC(=O)NC1CCN(c2ccc(C(=O)O)cn2)CC1. The number of hydrogen-bond donors (Lipinski definition) is 3. The Bertz CT molecular complexity index is 466. The maximum Gasteiger partial charge on any atom is 0.337 e. The Morgan fingerprint density at radius 2 is 2.05 bits per heavy atom. The predicted molar refractivity (Wildman–Crippen MR) is 69.2 cm³/mol. The van der Waals surface area contributed by atoms with Crippen molar-refractivity contribution in [2.75, 3.05) is 18.0 Å². The molecule has 7 heteroatoms. The number of hydrogen-bond acceptors (Lipinski definition) is 4. The fourth-order valence-corrected chi connectivity index (χ4v) is 2.15. The number of carboxylic acids is 1. The second-order valence-electron chi connectivity index (χ2n) is 4.48. The molecule has 0 aliphatic carbocycles. The zero-order chi connectivity index (χ0) is 13.8. The number of carbonyl (C=O) groups excluding carboxylic acids is 1. The van der Waals surface area contributed by atoms with E-state index in [0.717, 1.165) is 31.7 Å². The van der Waals surface area contributed by atoms with Gasteiger partial charge in [-0.1, -0.05) is 0 Å². The molecule has 0 bridgehead atoms. The summed E-state index contributed by atoms with van der Waals surface area (Å²) < 4.78 is 0. The van der Waals surface area contributed by atoms with Crippen LogP contribution in [0.25, 0.3) is 0 Å². The standard InChI is InChI=1S/C12H16N4O3/c13-12(19)15-9-3-5-16(6-4-9)10-2-1-8(7-14-10)11(17)18/h1-2,7,9H,3-6H2,(H,17,18)(H3,13,15,19). The van der Waals surface area contributed by atoms with Crippen LogP contribution in [0.3, 0.4) is 0 Å². The Kier molecular flexibility index (Phi) is 3.84. The van der Waals surface area contributed by atoms with Crippen molar-refractivity contribution in [3.63, 3.8) is 0 Å². The van der Waals surface area contributed by atoms with Crippen molar-refractivity contribution in [2.24, 2.45) is 5.73 Å². The first-order valence-electron chi connectivity index (χ1n) is 6.06. The monoisotopic (exact) mass is 264 g/mol. The normalized spacial score (nSPS) is 16.1. The Hall–Kier alpha value is -2.31. The molecule has 4 N–H and O–H groups in total. The quantitative estimate of drug-likeness (QED) is 0.733. The third-order valence-corrected chi connectivity index (χ3v) is 3.16. The number of urea groups is 1. The topological polar surface area (TPSA) is 109 Å². The molecular weight excluding hydrogens is 248 g/mol. The van der Waals surface area contributed by atoms with Gasteiger partial charge in [0.05, 0.1) is 5.56 Å². The number of aromatic nitrogens is 1. The molecule has 19 heavy (non-hydrogen) atoms. The van der Waals surface area contributed by atoms with Crippen LogP contribution in [0.2, 0.25) is 0 Å². The number of piperidine rings is 1. The summed E-state index contributed by atoms with van der Waals surface area (Å²) in [6.45, 7) is 1.51. The molecule has 1 aromatic rings. The third kappa shape index (κ3) is 3.34. The van der Waals surface area contributed by atoms with Crippen LogP contribution in [0.4, 0.5) is 10.6 Å². The van der Waals surface area contributed by atoms with E-state index < -0.39 is 12.0 Å². The number of aromatic carboxylic acids is 1. The van der Waals surface area contributed by atoms with Gasteiger partial charge >= 0.3 is 12.0 Å². The summed E-state index contributed by atoms with van der Waals surface area (Å²) in [5, 5.41) is 11.5. The first kappa shape index (κ1) is 13.1. The van der Waals surface area contributed by atoms with E-state index in [-0.39, 0.29) is 11.6 Å². The zero-order valence-electron chi connectivity index (χ0n) is 10.4. The molecule has 7 nitrogen and oxygen atoms in total. The lowest BCUT2D eigenvalue weighted by Gasteiger charge is -2.32. The van der Waals surface area contributed by atoms with Crippen molar-refractivity contribution in [2.45, 2.75) is 18.9 Å². The van der Waals surface area contributed by atoms with Crippen molar-refractivity contribution in [3.8, 4) is 0 Å². The summed E-state index contributed by atoms with van der Waals surface area (Å²) in [6.07, 6.45) is 2.95. The third-order valence-electron chi connectivity index (χ3n) is 3.16. The molecule has 1 aliphatic heterocycles. The van der Waals surface area contributed by atoms with Crippen LogP contribution in [0, 0.1) is 0 Å². The van der Waals surface area contributed by atoms with Gasteiger partial charge in [0.25, 0.3) is 0 Å². The molecule has 1 saturated heterocycles. The lowest BCUT2D eigenvalue weighted by molar-refractivity contribution is 0.0696. The summed E-state index contributed by atoms with van der Waals surface area (Å²) in [5.41, 5.74) is 5.26. The van der Waals surface area contributed by atoms with Crippen LogP contribution in [-0.2, 0) is 0 Å². The van der Waals surface area contributed by atoms with Crippen molar-refractivity contribution in [1.82, 2.24) is 10.3 Å². The van der Waals surface area contributed by atoms with Crippen LogP contribution >= 0.6 is 0 Å². The minimum Gasteiger partial charge on any atom is -0.478 e. The van der Waals surface area contributed by atoms with Crippen molar-refractivity contribution in [3.05, 3.63) is 23.9 Å². The fraction of sp³-hybridized carbons (Fsp3) is 0.417. The molecule has 1 aromatic heterocycles. The van der Waals surface area contributed by atoms with Crippen LogP contribution in [-0.4, -0.2) is 41.2 Å². The van der Waals surface area contributed by atoms with Gasteiger partial charge in [-0.05, 0) is 25.0 Å². The van der Waals surface area contributed by atoms with E-state index in [0.29, 0.717) is 0 Å². The number of nitrogens with two attached hydrogens (primary N) is 1. The summed E-state index contributed by atoms with van der Waals surface area (Å²) in [5.74, 6) is -0.231. The number of rotatable bonds is 3. The van der Waals surface area contributed by atoms with Gasteiger partial charge in [0.1, 0.15) is 5.82 Å². The maximum absolute atomic E-state index is 10.7. The fourth-order valence-electron chi connectivity index (χ4n) is 2.15. The van der Waals surface area contributed by atoms with Gasteiger partial charge < -0.3 is 21.1 Å². The number of nitrogens with zero attached hydrogens (tertiary/aromatic N) is 2. The second-order valence-corrected chi connectivity index (χ2v) is 4.48. The molecule has 0 atom stereocenters. The Morgan fingerprint density at radius 1 is 1.37 bits per heavy atom. The van der Waals surface area contributed by atoms with Gasteiger partial charge in [0.15, 0.2) is 0 Å². The molecule has 0 aromatic carbocycles. The van der Waals surface area contributed by atoms with E-state index in [1.54, 1.807) is 12.1 Å². The molecular formula is C12H16N4O3. The lowest BCUT2D eigenvalue weighted by Crippen LogP contribution is -2.46. The van der Waals surface area contributed by atoms with Gasteiger partial charge in [-0.2, -0.15) is 0 Å². The average Bonchev–Trinajstić information content (AvgIpc) is 2.39. The second kappa shape index (κ2) is 5.55. The summed E-state index contributed by atoms with van der Waals surface area (Å²) in [7, 11) is 0. The number of amides is 2. The minimum atomic E-state index is -0.983. The lowest BCUT2D eigenvalue weighted by atomic mass is 10.1. The molecule has 2 amide bonds. The first-order chi connectivity index (χ1) is 9.06. The molecule has 2 heterocycles. The number of anilines is 1. The van der Waals surface area contributed by atoms with E-state index in [9.17, 15) is 9.59 Å². The average molecular weight is 264 g/mol. The van der Waals surface area contributed by atoms with Crippen molar-refractivity contribution in [1.29, 1.82) is 0 Å². The first-order valence-corrected chi connectivity index (χ1v) is 6.06. The van der Waals surface area contributed by atoms with E-state index in [2.05, 4.69) is 15.2 Å². The highest BCUT2D eigenvalue weighted by Crippen LogP contribution is 2.18. The smallest absolute Gasteiger partial charge is 0.337 e. The highest BCUT2D eigenvalue weighted by Gasteiger charge is 2.20. The van der Waals surface area contributed by atoms with Crippen LogP contribution < -0.4 is 16.0 Å². The van der Waals surface area contributed by atoms with Crippen molar-refractivity contribution >= 4 is 17.8 Å².